The van der Waals surface area contributed by atoms with Crippen LogP contribution in [0.5, 0.6) is 5.75 Å². The van der Waals surface area contributed by atoms with Crippen LogP contribution in [0.25, 0.3) is 27.8 Å². The van der Waals surface area contributed by atoms with Crippen LogP contribution in [-0.4, -0.2) is 37.2 Å². The van der Waals surface area contributed by atoms with Gasteiger partial charge < -0.3 is 14.8 Å². The second kappa shape index (κ2) is 11.8. The largest absolute Gasteiger partial charge is 0.489 e. The van der Waals surface area contributed by atoms with Crippen molar-refractivity contribution in [1.29, 1.82) is 0 Å². The molecule has 6 nitrogen and oxygen atoms in total. The Labute approximate surface area is 260 Å². The molecule has 1 saturated heterocycles. The minimum atomic E-state index is -1.12. The summed E-state index contributed by atoms with van der Waals surface area (Å²) in [6, 6.07) is 23.4. The summed E-state index contributed by atoms with van der Waals surface area (Å²) in [6.45, 7) is 0.305. The van der Waals surface area contributed by atoms with Crippen molar-refractivity contribution in [3.8, 4) is 5.75 Å². The molecule has 0 bridgehead atoms. The SMILES string of the molecule is O=C(O)C(Cc1c[nH]c2ccccc12)N1C(=O)/C(=C/c2ccc3cc(OCc4ccc(Cl)cc4Cl)ccc3c2)SC1=S. The molecule has 210 valence electrons. The molecule has 1 aromatic heterocycles. The number of thiocarbonyl (C=S) groups is 1. The summed E-state index contributed by atoms with van der Waals surface area (Å²) >= 11 is 18.8. The number of aromatic nitrogens is 1. The van der Waals surface area contributed by atoms with E-state index < -0.39 is 17.9 Å². The lowest BCUT2D eigenvalue weighted by Gasteiger charge is -2.23. The molecule has 10 heteroatoms. The molecule has 1 unspecified atom stereocenters. The van der Waals surface area contributed by atoms with Crippen LogP contribution in [0.1, 0.15) is 16.7 Å². The zero-order valence-electron chi connectivity index (χ0n) is 21.8. The number of aliphatic carboxylic acids is 1. The van der Waals surface area contributed by atoms with Crippen LogP contribution in [0.2, 0.25) is 10.0 Å². The maximum atomic E-state index is 13.4. The third-order valence-corrected chi connectivity index (χ3v) is 8.97. The zero-order chi connectivity index (χ0) is 29.4. The second-order valence-corrected chi connectivity index (χ2v) is 12.3. The van der Waals surface area contributed by atoms with Crippen molar-refractivity contribution in [2.75, 3.05) is 0 Å². The Morgan fingerprint density at radius 1 is 1.02 bits per heavy atom. The fraction of sp³-hybridized carbons (Fsp3) is 0.0938. The van der Waals surface area contributed by atoms with E-state index in [2.05, 4.69) is 4.98 Å². The van der Waals surface area contributed by atoms with Crippen LogP contribution < -0.4 is 4.74 Å². The van der Waals surface area contributed by atoms with E-state index in [-0.39, 0.29) is 10.7 Å². The Hall–Kier alpha value is -3.82. The van der Waals surface area contributed by atoms with Crippen molar-refractivity contribution in [2.24, 2.45) is 0 Å². The number of hydrogen-bond donors (Lipinski definition) is 2. The quantitative estimate of drug-likeness (QED) is 0.133. The van der Waals surface area contributed by atoms with Crippen molar-refractivity contribution in [1.82, 2.24) is 9.88 Å². The fourth-order valence-corrected chi connectivity index (χ4v) is 6.74. The molecule has 2 heterocycles. The molecule has 4 aromatic carbocycles. The highest BCUT2D eigenvalue weighted by atomic mass is 35.5. The van der Waals surface area contributed by atoms with Gasteiger partial charge in [0.15, 0.2) is 0 Å². The molecule has 0 radical (unpaired) electrons. The average Bonchev–Trinajstić information content (AvgIpc) is 3.50. The first-order chi connectivity index (χ1) is 20.3. The highest BCUT2D eigenvalue weighted by molar-refractivity contribution is 8.26. The first-order valence-corrected chi connectivity index (χ1v) is 14.9. The lowest BCUT2D eigenvalue weighted by atomic mass is 10.0. The van der Waals surface area contributed by atoms with E-state index in [0.29, 0.717) is 27.3 Å². The van der Waals surface area contributed by atoms with Crippen LogP contribution in [0, 0.1) is 0 Å². The number of rotatable bonds is 8. The minimum Gasteiger partial charge on any atom is -0.489 e. The highest BCUT2D eigenvalue weighted by Gasteiger charge is 2.40. The molecule has 42 heavy (non-hydrogen) atoms. The number of carbonyl (C=O) groups is 2. The number of carboxylic acids is 1. The Bertz CT molecular complexity index is 1920. The highest BCUT2D eigenvalue weighted by Crippen LogP contribution is 2.36. The fourth-order valence-electron chi connectivity index (χ4n) is 4.92. The standard InChI is InChI=1S/C32H22Cl2N2O4S2/c33-23-9-7-21(26(34)15-23)17-40-24-10-8-19-11-18(5-6-20(19)13-24)12-29-30(37)36(32(41)42-29)28(31(38)39)14-22-16-35-27-4-2-1-3-25(22)27/h1-13,15-16,28,35H,14,17H2,(H,38,39)/b29-12-. The third kappa shape index (κ3) is 5.76. The predicted octanol–water partition coefficient (Wildman–Crippen LogP) is 8.10. The number of thioether (sulfide) groups is 1. The molecular formula is C32H22Cl2N2O4S2. The number of carboxylic acid groups (broad SMARTS) is 1. The molecule has 2 N–H and O–H groups in total. The molecule has 0 spiro atoms. The number of H-pyrrole nitrogens is 1. The number of carbonyl (C=O) groups excluding carboxylic acids is 1. The maximum Gasteiger partial charge on any atom is 0.327 e. The van der Waals surface area contributed by atoms with E-state index >= 15 is 0 Å². The number of hydrogen-bond acceptors (Lipinski definition) is 5. The monoisotopic (exact) mass is 632 g/mol. The van der Waals surface area contributed by atoms with Crippen LogP contribution in [0.15, 0.2) is 90.0 Å². The molecular weight excluding hydrogens is 611 g/mol. The van der Waals surface area contributed by atoms with Gasteiger partial charge in [-0.2, -0.15) is 0 Å². The summed E-state index contributed by atoms with van der Waals surface area (Å²) in [6.07, 6.45) is 3.66. The molecule has 6 rings (SSSR count). The predicted molar refractivity (Wildman–Crippen MR) is 173 cm³/mol. The van der Waals surface area contributed by atoms with Crippen LogP contribution in [0.4, 0.5) is 0 Å². The van der Waals surface area contributed by atoms with Crippen LogP contribution in [-0.2, 0) is 22.6 Å². The van der Waals surface area contributed by atoms with Gasteiger partial charge in [0.1, 0.15) is 22.7 Å². The summed E-state index contributed by atoms with van der Waals surface area (Å²) in [7, 11) is 0. The third-order valence-electron chi connectivity index (χ3n) is 7.05. The Morgan fingerprint density at radius 3 is 2.62 bits per heavy atom. The van der Waals surface area contributed by atoms with Crippen LogP contribution >= 0.6 is 47.2 Å². The number of benzene rings is 4. The van der Waals surface area contributed by atoms with Gasteiger partial charge in [0.2, 0.25) is 0 Å². The van der Waals surface area contributed by atoms with Gasteiger partial charge in [0.05, 0.1) is 4.91 Å². The van der Waals surface area contributed by atoms with Crippen molar-refractivity contribution >= 4 is 91.1 Å². The van der Waals surface area contributed by atoms with E-state index in [4.69, 9.17) is 40.2 Å². The number of halogens is 2. The van der Waals surface area contributed by atoms with Crippen LogP contribution in [0.3, 0.4) is 0 Å². The van der Waals surface area contributed by atoms with Gasteiger partial charge in [-0.25, -0.2) is 4.79 Å². The average molecular weight is 634 g/mol. The number of nitrogens with zero attached hydrogens (tertiary/aromatic N) is 1. The molecule has 1 aliphatic heterocycles. The summed E-state index contributed by atoms with van der Waals surface area (Å²) in [4.78, 5) is 30.5. The molecule has 1 aliphatic rings. The molecule has 0 aliphatic carbocycles. The number of para-hydroxylation sites is 1. The van der Waals surface area contributed by atoms with Gasteiger partial charge in [-0.3, -0.25) is 9.69 Å². The zero-order valence-corrected chi connectivity index (χ0v) is 25.0. The van der Waals surface area contributed by atoms with Gasteiger partial charge in [0, 0.05) is 39.1 Å². The smallest absolute Gasteiger partial charge is 0.327 e. The Kier molecular flexibility index (Phi) is 7.96. The molecule has 0 saturated carbocycles. The number of aromatic amines is 1. The summed E-state index contributed by atoms with van der Waals surface area (Å²) in [5.41, 5.74) is 3.35. The Morgan fingerprint density at radius 2 is 1.81 bits per heavy atom. The van der Waals surface area contributed by atoms with E-state index in [1.54, 1.807) is 24.4 Å². The van der Waals surface area contributed by atoms with E-state index in [1.807, 2.05) is 66.7 Å². The number of nitrogens with one attached hydrogen (secondary N) is 1. The van der Waals surface area contributed by atoms with Gasteiger partial charge in [-0.05, 0) is 64.4 Å². The lowest BCUT2D eigenvalue weighted by Crippen LogP contribution is -2.45. The summed E-state index contributed by atoms with van der Waals surface area (Å²) in [5.74, 6) is -0.834. The number of ether oxygens (including phenoxy) is 1. The summed E-state index contributed by atoms with van der Waals surface area (Å²) < 4.78 is 6.17. The minimum absolute atomic E-state index is 0.129. The molecule has 5 aromatic rings. The van der Waals surface area contributed by atoms with E-state index in [1.165, 1.54) is 4.90 Å². The lowest BCUT2D eigenvalue weighted by molar-refractivity contribution is -0.145. The van der Waals surface area contributed by atoms with Crippen molar-refractivity contribution in [3.05, 3.63) is 117 Å². The van der Waals surface area contributed by atoms with Crippen molar-refractivity contribution in [2.45, 2.75) is 19.1 Å². The molecule has 1 amide bonds. The molecule has 1 atom stereocenters. The van der Waals surface area contributed by atoms with Gasteiger partial charge >= 0.3 is 5.97 Å². The van der Waals surface area contributed by atoms with E-state index in [9.17, 15) is 14.7 Å². The van der Waals surface area contributed by atoms with Gasteiger partial charge in [-0.15, -0.1) is 0 Å². The molecule has 1 fully saturated rings. The number of amides is 1. The van der Waals surface area contributed by atoms with E-state index in [0.717, 1.165) is 50.1 Å². The first kappa shape index (κ1) is 28.3. The maximum absolute atomic E-state index is 13.4. The Balaban J connectivity index is 1.19. The second-order valence-electron chi connectivity index (χ2n) is 9.76. The van der Waals surface area contributed by atoms with Crippen molar-refractivity contribution < 1.29 is 19.4 Å². The topological polar surface area (TPSA) is 82.6 Å². The van der Waals surface area contributed by atoms with Crippen molar-refractivity contribution in [3.63, 3.8) is 0 Å². The first-order valence-electron chi connectivity index (χ1n) is 12.9. The normalized spacial score (nSPS) is 15.2. The van der Waals surface area contributed by atoms with Gasteiger partial charge in [-0.1, -0.05) is 89.6 Å². The summed E-state index contributed by atoms with van der Waals surface area (Å²) in [5, 5.41) is 14.0. The van der Waals surface area contributed by atoms with Gasteiger partial charge in [0.25, 0.3) is 5.91 Å². The number of fused-ring (bicyclic) bond motifs is 2.